The van der Waals surface area contributed by atoms with Crippen molar-refractivity contribution in [1.82, 2.24) is 15.2 Å². The van der Waals surface area contributed by atoms with Gasteiger partial charge in [0.25, 0.3) is 5.91 Å². The second-order valence-corrected chi connectivity index (χ2v) is 10.9. The number of aromatic amines is 1. The van der Waals surface area contributed by atoms with Crippen LogP contribution in [-0.4, -0.2) is 60.3 Å². The Kier molecular flexibility index (Phi) is 7.94. The summed E-state index contributed by atoms with van der Waals surface area (Å²) in [5.74, 6) is 0.382. The van der Waals surface area contributed by atoms with Gasteiger partial charge >= 0.3 is 6.09 Å². The Morgan fingerprint density at radius 1 is 0.884 bits per heavy atom. The quantitative estimate of drug-likeness (QED) is 0.192. The molecule has 218 valence electrons. The van der Waals surface area contributed by atoms with Gasteiger partial charge in [-0.3, -0.25) is 4.79 Å². The number of carbonyl (C=O) groups is 2. The molecule has 1 aliphatic rings. The molecule has 1 aliphatic heterocycles. The van der Waals surface area contributed by atoms with Crippen LogP contribution in [0.5, 0.6) is 5.75 Å². The number of anilines is 1. The number of nitrogens with one attached hydrogen (secondary N) is 2. The third-order valence-corrected chi connectivity index (χ3v) is 8.12. The number of nitrogens with zero attached hydrogens (tertiary/aromatic N) is 2. The molecule has 3 N–H and O–H groups in total. The number of methoxy groups -OCH3 is 1. The van der Waals surface area contributed by atoms with Crippen molar-refractivity contribution in [3.05, 3.63) is 119 Å². The summed E-state index contributed by atoms with van der Waals surface area (Å²) in [6, 6.07) is 30.5. The van der Waals surface area contributed by atoms with E-state index in [4.69, 9.17) is 16.3 Å². The van der Waals surface area contributed by atoms with Gasteiger partial charge in [0.05, 0.1) is 13.2 Å². The summed E-state index contributed by atoms with van der Waals surface area (Å²) in [7, 11) is 1.60. The van der Waals surface area contributed by atoms with E-state index in [2.05, 4.69) is 15.2 Å². The Morgan fingerprint density at radius 2 is 1.65 bits per heavy atom. The van der Waals surface area contributed by atoms with Gasteiger partial charge in [-0.25, -0.2) is 4.79 Å². The molecule has 1 saturated heterocycles. The minimum Gasteiger partial charge on any atom is -0.496 e. The second-order valence-electron chi connectivity index (χ2n) is 10.5. The predicted octanol–water partition coefficient (Wildman–Crippen LogP) is 6.82. The molecule has 0 unspecified atom stereocenters. The number of H-pyrrole nitrogens is 1. The molecule has 4 aromatic carbocycles. The van der Waals surface area contributed by atoms with Gasteiger partial charge < -0.3 is 29.9 Å². The molecule has 0 spiro atoms. The highest BCUT2D eigenvalue weighted by Gasteiger charge is 2.24. The van der Waals surface area contributed by atoms with E-state index in [0.717, 1.165) is 39.0 Å². The van der Waals surface area contributed by atoms with Gasteiger partial charge in [-0.1, -0.05) is 54.1 Å². The van der Waals surface area contributed by atoms with Gasteiger partial charge in [0.15, 0.2) is 0 Å². The minimum atomic E-state index is -0.877. The van der Waals surface area contributed by atoms with E-state index in [1.165, 1.54) is 4.90 Å². The maximum Gasteiger partial charge on any atom is 0.407 e. The molecule has 2 heterocycles. The summed E-state index contributed by atoms with van der Waals surface area (Å²) in [5.41, 5.74) is 5.97. The van der Waals surface area contributed by atoms with Crippen molar-refractivity contribution in [3.63, 3.8) is 0 Å². The van der Waals surface area contributed by atoms with Gasteiger partial charge in [0.2, 0.25) is 0 Å². The van der Waals surface area contributed by atoms with Crippen LogP contribution in [0.1, 0.15) is 27.7 Å². The molecule has 9 heteroatoms. The number of carbonyl (C=O) groups excluding carboxylic acids is 1. The number of para-hydroxylation sites is 1. The minimum absolute atomic E-state index is 0.236. The first kappa shape index (κ1) is 28.2. The van der Waals surface area contributed by atoms with Crippen molar-refractivity contribution < 1.29 is 19.4 Å². The van der Waals surface area contributed by atoms with Crippen molar-refractivity contribution in [2.45, 2.75) is 6.04 Å². The number of piperazine rings is 1. The number of halogens is 1. The molecule has 1 fully saturated rings. The van der Waals surface area contributed by atoms with E-state index < -0.39 is 12.1 Å². The van der Waals surface area contributed by atoms with E-state index >= 15 is 0 Å². The summed E-state index contributed by atoms with van der Waals surface area (Å²) in [6.07, 6.45) is -0.877. The predicted molar refractivity (Wildman–Crippen MR) is 169 cm³/mol. The molecule has 2 amide bonds. The summed E-state index contributed by atoms with van der Waals surface area (Å²) in [6.45, 7) is 2.26. The molecule has 0 radical (unpaired) electrons. The smallest absolute Gasteiger partial charge is 0.407 e. The van der Waals surface area contributed by atoms with E-state index in [0.29, 0.717) is 42.5 Å². The van der Waals surface area contributed by atoms with Crippen LogP contribution in [-0.2, 0) is 0 Å². The van der Waals surface area contributed by atoms with Crippen LogP contribution in [0.3, 0.4) is 0 Å². The molecular weight excluding hydrogens is 564 g/mol. The largest absolute Gasteiger partial charge is 0.496 e. The van der Waals surface area contributed by atoms with Crippen molar-refractivity contribution in [2.24, 2.45) is 0 Å². The Labute approximate surface area is 254 Å². The van der Waals surface area contributed by atoms with E-state index in [1.807, 2.05) is 78.9 Å². The Balaban J connectivity index is 1.25. The average Bonchev–Trinajstić information content (AvgIpc) is 3.48. The molecule has 43 heavy (non-hydrogen) atoms. The number of hydrogen-bond acceptors (Lipinski definition) is 4. The summed E-state index contributed by atoms with van der Waals surface area (Å²) < 4.78 is 5.65. The van der Waals surface area contributed by atoms with Crippen molar-refractivity contribution in [1.29, 1.82) is 0 Å². The lowest BCUT2D eigenvalue weighted by molar-refractivity contribution is 0.0942. The van der Waals surface area contributed by atoms with Gasteiger partial charge in [-0.2, -0.15) is 0 Å². The van der Waals surface area contributed by atoms with Crippen molar-refractivity contribution in [2.75, 3.05) is 38.2 Å². The summed E-state index contributed by atoms with van der Waals surface area (Å²) in [4.78, 5) is 32.1. The standard InChI is InChI=1S/C34H31ClN4O4/c1-43-31-14-11-26(35)21-28(31)32(30-20-24-5-2-3-8-29(24)36-30)37-33(40)25-7-4-6-23(19-25)22-9-12-27(13-10-22)38-15-17-39(18-16-38)34(41)42/h2-14,19-21,32,36H,15-18H2,1H3,(H,37,40)(H,41,42)/t32-/m1/s1. The number of amides is 2. The number of ether oxygens (including phenoxy) is 1. The molecule has 8 nitrogen and oxygen atoms in total. The van der Waals surface area contributed by atoms with Gasteiger partial charge in [-0.05, 0) is 71.1 Å². The summed E-state index contributed by atoms with van der Waals surface area (Å²) in [5, 5.41) is 14.0. The fourth-order valence-corrected chi connectivity index (χ4v) is 5.76. The highest BCUT2D eigenvalue weighted by molar-refractivity contribution is 6.30. The van der Waals surface area contributed by atoms with E-state index in [9.17, 15) is 14.7 Å². The molecule has 1 aromatic heterocycles. The maximum atomic E-state index is 13.8. The maximum absolute atomic E-state index is 13.8. The molecule has 5 aromatic rings. The lowest BCUT2D eigenvalue weighted by Crippen LogP contribution is -2.48. The van der Waals surface area contributed by atoms with E-state index in [-0.39, 0.29) is 5.91 Å². The molecule has 0 bridgehead atoms. The van der Waals surface area contributed by atoms with Crippen LogP contribution < -0.4 is 15.0 Å². The molecule has 1 atom stereocenters. The third kappa shape index (κ3) is 6.01. The van der Waals surface area contributed by atoms with Gasteiger partial charge in [0.1, 0.15) is 5.75 Å². The molecule has 0 saturated carbocycles. The zero-order valence-corrected chi connectivity index (χ0v) is 24.3. The lowest BCUT2D eigenvalue weighted by atomic mass is 10.00. The molecule has 0 aliphatic carbocycles. The van der Waals surface area contributed by atoms with Crippen molar-refractivity contribution >= 4 is 40.2 Å². The number of carboxylic acid groups (broad SMARTS) is 1. The first-order valence-corrected chi connectivity index (χ1v) is 14.4. The van der Waals surface area contributed by atoms with Crippen LogP contribution in [0.4, 0.5) is 10.5 Å². The van der Waals surface area contributed by atoms with Crippen LogP contribution in [0.2, 0.25) is 5.02 Å². The second kappa shape index (κ2) is 12.1. The zero-order chi connectivity index (χ0) is 29.9. The van der Waals surface area contributed by atoms with Crippen LogP contribution in [0.15, 0.2) is 97.1 Å². The number of fused-ring (bicyclic) bond motifs is 1. The third-order valence-electron chi connectivity index (χ3n) is 7.88. The summed E-state index contributed by atoms with van der Waals surface area (Å²) >= 11 is 6.40. The Hall–Kier alpha value is -4.95. The normalized spacial score (nSPS) is 14.0. The number of benzene rings is 4. The van der Waals surface area contributed by atoms with Crippen LogP contribution in [0, 0.1) is 0 Å². The Morgan fingerprint density at radius 3 is 2.37 bits per heavy atom. The highest BCUT2D eigenvalue weighted by atomic mass is 35.5. The number of hydrogen-bond donors (Lipinski definition) is 3. The monoisotopic (exact) mass is 594 g/mol. The molecular formula is C34H31ClN4O4. The van der Waals surface area contributed by atoms with Crippen molar-refractivity contribution in [3.8, 4) is 16.9 Å². The van der Waals surface area contributed by atoms with Crippen LogP contribution in [0.25, 0.3) is 22.0 Å². The Bertz CT molecular complexity index is 1740. The van der Waals surface area contributed by atoms with Gasteiger partial charge in [0, 0.05) is 59.2 Å². The zero-order valence-electron chi connectivity index (χ0n) is 23.6. The van der Waals surface area contributed by atoms with Crippen LogP contribution >= 0.6 is 11.6 Å². The molecule has 6 rings (SSSR count). The fraction of sp³-hybridized carbons (Fsp3) is 0.176. The fourth-order valence-electron chi connectivity index (χ4n) is 5.58. The topological polar surface area (TPSA) is 97.9 Å². The lowest BCUT2D eigenvalue weighted by Gasteiger charge is -2.34. The SMILES string of the molecule is COc1ccc(Cl)cc1[C@@H](NC(=O)c1cccc(-c2ccc(N3CCN(C(=O)O)CC3)cc2)c1)c1cc2ccccc2[nH]1. The first-order chi connectivity index (χ1) is 20.9. The number of rotatable bonds is 7. The first-order valence-electron chi connectivity index (χ1n) is 14.0. The average molecular weight is 595 g/mol. The van der Waals surface area contributed by atoms with Gasteiger partial charge in [-0.15, -0.1) is 0 Å². The highest BCUT2D eigenvalue weighted by Crippen LogP contribution is 2.34. The van der Waals surface area contributed by atoms with E-state index in [1.54, 1.807) is 25.3 Å². The number of aromatic nitrogens is 1.